The van der Waals surface area contributed by atoms with Gasteiger partial charge in [-0.1, -0.05) is 0 Å². The number of aliphatic imine (C=N–C) groups is 2. The summed E-state index contributed by atoms with van der Waals surface area (Å²) in [5.74, 6) is -3.77. The van der Waals surface area contributed by atoms with E-state index >= 15 is 0 Å². The minimum Gasteiger partial charge on any atom is -0.480 e. The summed E-state index contributed by atoms with van der Waals surface area (Å²) in [4.78, 5) is 68.8. The third-order valence-electron chi connectivity index (χ3n) is 6.31. The summed E-state index contributed by atoms with van der Waals surface area (Å²) in [7, 11) is 0. The van der Waals surface area contributed by atoms with Crippen LogP contribution in [-0.4, -0.2) is 103 Å². The number of carbonyl (C=O) groups excluding carboxylic acids is 4. The highest BCUT2D eigenvalue weighted by atomic mass is 16.4. The molecule has 0 aliphatic rings. The lowest BCUT2D eigenvalue weighted by Crippen LogP contribution is -2.58. The third kappa shape index (κ3) is 18.3. The fourth-order valence-corrected chi connectivity index (χ4v) is 3.73. The largest absolute Gasteiger partial charge is 0.480 e. The topological polar surface area (TPSA) is 361 Å². The normalized spacial score (nSPS) is 14.1. The summed E-state index contributed by atoms with van der Waals surface area (Å²) >= 11 is 0. The van der Waals surface area contributed by atoms with Crippen LogP contribution in [0.5, 0.6) is 0 Å². The number of amides is 4. The molecule has 0 aliphatic carbocycles. The van der Waals surface area contributed by atoms with Gasteiger partial charge in [-0.2, -0.15) is 0 Å². The van der Waals surface area contributed by atoms with E-state index in [1.807, 2.05) is 0 Å². The molecule has 0 bridgehead atoms. The van der Waals surface area contributed by atoms with Crippen LogP contribution in [0.1, 0.15) is 58.3 Å². The molecule has 5 atom stereocenters. The Kier molecular flexibility index (Phi) is 20.2. The number of nitrogens with zero attached hydrogens (tertiary/aromatic N) is 2. The van der Waals surface area contributed by atoms with Crippen LogP contribution in [0.3, 0.4) is 0 Å². The number of aliphatic carboxylic acids is 1. The van der Waals surface area contributed by atoms with E-state index in [-0.39, 0.29) is 43.8 Å². The summed E-state index contributed by atoms with van der Waals surface area (Å²) in [6.45, 7) is 2.08. The summed E-state index contributed by atoms with van der Waals surface area (Å²) in [6.07, 6.45) is 3.56. The molecular formula is C25H51N13O6. The van der Waals surface area contributed by atoms with Gasteiger partial charge in [0.25, 0.3) is 0 Å². The number of carboxylic acids is 1. The Morgan fingerprint density at radius 1 is 0.659 bits per heavy atom. The summed E-state index contributed by atoms with van der Waals surface area (Å²) in [5, 5.41) is 19.3. The van der Waals surface area contributed by atoms with Gasteiger partial charge in [0.2, 0.25) is 23.6 Å². The van der Waals surface area contributed by atoms with Gasteiger partial charge in [-0.25, -0.2) is 4.79 Å². The van der Waals surface area contributed by atoms with Crippen molar-refractivity contribution >= 4 is 41.5 Å². The maximum Gasteiger partial charge on any atom is 0.326 e. The van der Waals surface area contributed by atoms with E-state index in [9.17, 15) is 29.1 Å². The molecule has 0 aromatic heterocycles. The average molecular weight is 630 g/mol. The van der Waals surface area contributed by atoms with Crippen molar-refractivity contribution in [3.63, 3.8) is 0 Å². The first-order valence-electron chi connectivity index (χ1n) is 14.4. The van der Waals surface area contributed by atoms with E-state index in [4.69, 9.17) is 40.1 Å². The zero-order chi connectivity index (χ0) is 33.7. The highest BCUT2D eigenvalue weighted by molar-refractivity contribution is 5.94. The standard InChI is InChI=1S/C25H51N13O6/c1-14(19(39)37-17(23(43)44)9-6-12-35-25(31)32)36-22(42)18(13-26)38-21(41)16(28)8-2-4-10-33-20(40)15(27)7-3-5-11-34-24(29)30/h14-18H,2-13,26-28H2,1H3,(H,33,40)(H,36,42)(H,37,39)(H,38,41)(H,43,44)(H4,29,30,34)(H4,31,32,35)/t14-,15?,16-,17-,18-/m0/s1. The van der Waals surface area contributed by atoms with Crippen LogP contribution < -0.4 is 61.4 Å². The number of nitrogens with two attached hydrogens (primary N) is 7. The number of nitrogens with one attached hydrogen (secondary N) is 4. The van der Waals surface area contributed by atoms with Crippen LogP contribution in [0, 0.1) is 0 Å². The molecule has 0 aliphatic heterocycles. The Balaban J connectivity index is 4.50. The van der Waals surface area contributed by atoms with E-state index in [2.05, 4.69) is 31.3 Å². The molecule has 0 saturated heterocycles. The fourth-order valence-electron chi connectivity index (χ4n) is 3.73. The second-order valence-electron chi connectivity index (χ2n) is 10.2. The van der Waals surface area contributed by atoms with Crippen molar-refractivity contribution in [2.24, 2.45) is 50.1 Å². The molecule has 0 aromatic rings. The number of unbranched alkanes of at least 4 members (excludes halogenated alkanes) is 2. The lowest BCUT2D eigenvalue weighted by atomic mass is 10.1. The summed E-state index contributed by atoms with van der Waals surface area (Å²) in [6, 6.07) is -5.14. The third-order valence-corrected chi connectivity index (χ3v) is 6.31. The molecule has 0 fully saturated rings. The van der Waals surface area contributed by atoms with Crippen molar-refractivity contribution in [2.75, 3.05) is 26.2 Å². The van der Waals surface area contributed by atoms with Gasteiger partial charge in [0.15, 0.2) is 11.9 Å². The molecule has 1 unspecified atom stereocenters. The molecule has 44 heavy (non-hydrogen) atoms. The first-order valence-corrected chi connectivity index (χ1v) is 14.4. The molecule has 0 saturated carbocycles. The quantitative estimate of drug-likeness (QED) is 0.0286. The highest BCUT2D eigenvalue weighted by Gasteiger charge is 2.27. The van der Waals surface area contributed by atoms with Gasteiger partial charge in [-0.15, -0.1) is 0 Å². The van der Waals surface area contributed by atoms with Crippen molar-refractivity contribution in [1.29, 1.82) is 0 Å². The lowest BCUT2D eigenvalue weighted by molar-refractivity contribution is -0.142. The Morgan fingerprint density at radius 3 is 1.73 bits per heavy atom. The molecule has 19 N–H and O–H groups in total. The van der Waals surface area contributed by atoms with E-state index in [0.717, 1.165) is 0 Å². The second kappa shape index (κ2) is 22.3. The van der Waals surface area contributed by atoms with Gasteiger partial charge < -0.3 is 66.5 Å². The van der Waals surface area contributed by atoms with Crippen molar-refractivity contribution in [1.82, 2.24) is 21.3 Å². The molecular weight excluding hydrogens is 578 g/mol. The van der Waals surface area contributed by atoms with Crippen LogP contribution in [0.15, 0.2) is 9.98 Å². The van der Waals surface area contributed by atoms with E-state index in [1.165, 1.54) is 6.92 Å². The smallest absolute Gasteiger partial charge is 0.326 e. The predicted molar refractivity (Wildman–Crippen MR) is 165 cm³/mol. The Bertz CT molecular complexity index is 986. The number of rotatable bonds is 23. The van der Waals surface area contributed by atoms with Crippen LogP contribution >= 0.6 is 0 Å². The van der Waals surface area contributed by atoms with Crippen molar-refractivity contribution in [2.45, 2.75) is 88.5 Å². The Labute approximate surface area is 256 Å². The van der Waals surface area contributed by atoms with Gasteiger partial charge in [0, 0.05) is 26.2 Å². The monoisotopic (exact) mass is 629 g/mol. The Morgan fingerprint density at radius 2 is 1.18 bits per heavy atom. The number of hydrogen-bond acceptors (Lipinski definition) is 10. The fraction of sp³-hybridized carbons (Fsp3) is 0.720. The highest BCUT2D eigenvalue weighted by Crippen LogP contribution is 2.03. The summed E-state index contributed by atoms with van der Waals surface area (Å²) < 4.78 is 0. The SMILES string of the molecule is C[C@H](NC(=O)[C@H](CN)NC(=O)[C@@H](N)CCCCNC(=O)C(N)CCCCN=C(N)N)C(=O)N[C@@H](CCCN=C(N)N)C(=O)O. The minimum absolute atomic E-state index is 0.0176. The number of carboxylic acid groups (broad SMARTS) is 1. The summed E-state index contributed by atoms with van der Waals surface area (Å²) in [5.41, 5.74) is 38.4. The molecule has 0 rings (SSSR count). The van der Waals surface area contributed by atoms with Crippen LogP contribution in [0.2, 0.25) is 0 Å². The maximum atomic E-state index is 12.6. The number of carbonyl (C=O) groups is 5. The van der Waals surface area contributed by atoms with E-state index in [1.54, 1.807) is 0 Å². The predicted octanol–water partition coefficient (Wildman–Crippen LogP) is -5.06. The van der Waals surface area contributed by atoms with Crippen LogP contribution in [-0.2, 0) is 24.0 Å². The Hall–Kier alpha value is -4.23. The van der Waals surface area contributed by atoms with Crippen LogP contribution in [0.25, 0.3) is 0 Å². The van der Waals surface area contributed by atoms with Gasteiger partial charge in [-0.05, 0) is 58.3 Å². The number of guanidine groups is 2. The van der Waals surface area contributed by atoms with Crippen molar-refractivity contribution < 1.29 is 29.1 Å². The average Bonchev–Trinajstić information content (AvgIpc) is 2.95. The molecule has 0 radical (unpaired) electrons. The molecule has 0 heterocycles. The lowest BCUT2D eigenvalue weighted by Gasteiger charge is -2.22. The first-order chi connectivity index (χ1) is 20.7. The molecule has 19 heteroatoms. The van der Waals surface area contributed by atoms with Gasteiger partial charge in [0.1, 0.15) is 18.1 Å². The molecule has 252 valence electrons. The van der Waals surface area contributed by atoms with E-state index in [0.29, 0.717) is 51.6 Å². The zero-order valence-corrected chi connectivity index (χ0v) is 25.3. The van der Waals surface area contributed by atoms with E-state index < -0.39 is 53.9 Å². The zero-order valence-electron chi connectivity index (χ0n) is 25.3. The van der Waals surface area contributed by atoms with Crippen molar-refractivity contribution in [3.8, 4) is 0 Å². The molecule has 0 aromatic carbocycles. The molecule has 4 amide bonds. The van der Waals surface area contributed by atoms with Gasteiger partial charge >= 0.3 is 5.97 Å². The molecule has 19 nitrogen and oxygen atoms in total. The number of hydrogen-bond donors (Lipinski definition) is 12. The second-order valence-corrected chi connectivity index (χ2v) is 10.2. The van der Waals surface area contributed by atoms with Crippen LogP contribution in [0.4, 0.5) is 0 Å². The van der Waals surface area contributed by atoms with Gasteiger partial charge in [0.05, 0.1) is 12.1 Å². The van der Waals surface area contributed by atoms with Gasteiger partial charge in [-0.3, -0.25) is 29.2 Å². The van der Waals surface area contributed by atoms with Crippen molar-refractivity contribution in [3.05, 3.63) is 0 Å². The minimum atomic E-state index is -1.26. The molecule has 0 spiro atoms. The maximum absolute atomic E-state index is 12.6. The first kappa shape index (κ1) is 39.8.